The second kappa shape index (κ2) is 5.40. The fraction of sp³-hybridized carbons (Fsp3) is 0.250. The molecule has 1 aromatic rings. The average Bonchev–Trinajstić information content (AvgIpc) is 2.29. The standard InChI is InChI=1S/C8H8N4O5S/c13-7(14)8(18,4-10-15)11-6-2-1-5(3-9-6)12(16)17/h1-3,18H,4H2,(H,9,11)(H,13,14). The minimum atomic E-state index is -1.91. The Balaban J connectivity index is 2.91. The van der Waals surface area contributed by atoms with Gasteiger partial charge >= 0.3 is 5.97 Å². The van der Waals surface area contributed by atoms with Crippen LogP contribution in [0.1, 0.15) is 0 Å². The Morgan fingerprint density at radius 2 is 2.33 bits per heavy atom. The van der Waals surface area contributed by atoms with E-state index >= 15 is 0 Å². The van der Waals surface area contributed by atoms with Gasteiger partial charge in [-0.1, -0.05) is 5.18 Å². The zero-order valence-electron chi connectivity index (χ0n) is 8.81. The number of nitrogens with zero attached hydrogens (tertiary/aromatic N) is 3. The first-order valence-corrected chi connectivity index (χ1v) is 4.97. The second-order valence-electron chi connectivity index (χ2n) is 3.24. The van der Waals surface area contributed by atoms with Gasteiger partial charge in [-0.25, -0.2) is 9.78 Å². The smallest absolute Gasteiger partial charge is 0.341 e. The molecule has 0 saturated carbocycles. The van der Waals surface area contributed by atoms with Gasteiger partial charge in [0.25, 0.3) is 5.69 Å². The molecular formula is C8H8N4O5S. The van der Waals surface area contributed by atoms with Crippen LogP contribution in [0.2, 0.25) is 0 Å². The third-order valence-electron chi connectivity index (χ3n) is 1.94. The van der Waals surface area contributed by atoms with Crippen molar-refractivity contribution in [2.24, 2.45) is 5.18 Å². The lowest BCUT2D eigenvalue weighted by Gasteiger charge is -2.22. The number of aliphatic carboxylic acids is 1. The molecule has 2 N–H and O–H groups in total. The lowest BCUT2D eigenvalue weighted by molar-refractivity contribution is -0.385. The zero-order chi connectivity index (χ0) is 13.8. The summed E-state index contributed by atoms with van der Waals surface area (Å²) in [6.45, 7) is -0.635. The molecule has 0 amide bonds. The molecule has 1 aromatic heterocycles. The number of rotatable bonds is 6. The molecule has 10 heteroatoms. The van der Waals surface area contributed by atoms with E-state index in [0.29, 0.717) is 0 Å². The molecule has 0 aliphatic rings. The van der Waals surface area contributed by atoms with Crippen molar-refractivity contribution in [1.29, 1.82) is 0 Å². The van der Waals surface area contributed by atoms with Gasteiger partial charge in [0.05, 0.1) is 4.92 Å². The van der Waals surface area contributed by atoms with E-state index < -0.39 is 22.3 Å². The van der Waals surface area contributed by atoms with Gasteiger partial charge < -0.3 is 10.4 Å². The Morgan fingerprint density at radius 3 is 2.72 bits per heavy atom. The summed E-state index contributed by atoms with van der Waals surface area (Å²) in [6.07, 6.45) is 0.951. The number of aromatic nitrogens is 1. The summed E-state index contributed by atoms with van der Waals surface area (Å²) in [7, 11) is 0. The minimum Gasteiger partial charge on any atom is -0.479 e. The van der Waals surface area contributed by atoms with Crippen LogP contribution in [0, 0.1) is 15.0 Å². The van der Waals surface area contributed by atoms with Crippen LogP contribution in [0.15, 0.2) is 23.5 Å². The third kappa shape index (κ3) is 3.13. The minimum absolute atomic E-state index is 0.0293. The number of carboxylic acid groups (broad SMARTS) is 1. The number of carboxylic acids is 1. The summed E-state index contributed by atoms with van der Waals surface area (Å²) in [6, 6.07) is 2.34. The maximum Gasteiger partial charge on any atom is 0.341 e. The van der Waals surface area contributed by atoms with Crippen molar-refractivity contribution in [2.75, 3.05) is 11.9 Å². The molecule has 0 aromatic carbocycles. The number of hydrogen-bond donors (Lipinski definition) is 3. The van der Waals surface area contributed by atoms with E-state index in [1.54, 1.807) is 0 Å². The van der Waals surface area contributed by atoms with E-state index in [2.05, 4.69) is 28.1 Å². The van der Waals surface area contributed by atoms with Crippen LogP contribution in [0.5, 0.6) is 0 Å². The van der Waals surface area contributed by atoms with Gasteiger partial charge in [-0.2, -0.15) is 4.91 Å². The van der Waals surface area contributed by atoms with Crippen LogP contribution in [0.25, 0.3) is 0 Å². The monoisotopic (exact) mass is 272 g/mol. The van der Waals surface area contributed by atoms with Gasteiger partial charge in [0.1, 0.15) is 18.6 Å². The molecule has 1 heterocycles. The Bertz CT molecular complexity index is 479. The van der Waals surface area contributed by atoms with Gasteiger partial charge in [-0.15, -0.1) is 12.6 Å². The summed E-state index contributed by atoms with van der Waals surface area (Å²) >= 11 is 3.79. The second-order valence-corrected chi connectivity index (χ2v) is 4.00. The predicted octanol–water partition coefficient (Wildman–Crippen LogP) is 0.879. The number of anilines is 1. The maximum atomic E-state index is 10.9. The molecule has 0 aliphatic carbocycles. The van der Waals surface area contributed by atoms with Crippen LogP contribution in [0.4, 0.5) is 11.5 Å². The van der Waals surface area contributed by atoms with Crippen LogP contribution in [-0.4, -0.2) is 32.4 Å². The molecule has 18 heavy (non-hydrogen) atoms. The zero-order valence-corrected chi connectivity index (χ0v) is 9.70. The largest absolute Gasteiger partial charge is 0.479 e. The van der Waals surface area contributed by atoms with Crippen LogP contribution < -0.4 is 5.32 Å². The molecule has 0 saturated heterocycles. The van der Waals surface area contributed by atoms with Crippen molar-refractivity contribution in [3.05, 3.63) is 33.4 Å². The van der Waals surface area contributed by atoms with E-state index in [1.807, 2.05) is 0 Å². The number of hydrogen-bond acceptors (Lipinski definition) is 8. The average molecular weight is 272 g/mol. The van der Waals surface area contributed by atoms with E-state index in [-0.39, 0.29) is 11.5 Å². The Labute approximate surface area is 106 Å². The predicted molar refractivity (Wildman–Crippen MR) is 64.5 cm³/mol. The van der Waals surface area contributed by atoms with Gasteiger partial charge in [0.15, 0.2) is 0 Å². The highest BCUT2D eigenvalue weighted by atomic mass is 32.1. The molecular weight excluding hydrogens is 264 g/mol. The maximum absolute atomic E-state index is 10.9. The van der Waals surface area contributed by atoms with E-state index in [0.717, 1.165) is 12.3 Å². The molecule has 1 unspecified atom stereocenters. The first-order chi connectivity index (χ1) is 8.39. The van der Waals surface area contributed by atoms with Crippen molar-refractivity contribution < 1.29 is 14.8 Å². The lowest BCUT2D eigenvalue weighted by atomic mass is 10.3. The number of nitroso groups, excluding NO2 is 1. The van der Waals surface area contributed by atoms with Crippen LogP contribution in [0.3, 0.4) is 0 Å². The molecule has 0 bridgehead atoms. The highest BCUT2D eigenvalue weighted by molar-refractivity contribution is 7.82. The molecule has 0 radical (unpaired) electrons. The molecule has 9 nitrogen and oxygen atoms in total. The summed E-state index contributed by atoms with van der Waals surface area (Å²) < 4.78 is 0. The van der Waals surface area contributed by atoms with Gasteiger partial charge in [-0.05, 0) is 6.07 Å². The number of nitrogens with one attached hydrogen (secondary N) is 1. The Morgan fingerprint density at radius 1 is 1.67 bits per heavy atom. The van der Waals surface area contributed by atoms with Crippen molar-refractivity contribution in [3.63, 3.8) is 0 Å². The quantitative estimate of drug-likeness (QED) is 0.230. The molecule has 1 atom stereocenters. The van der Waals surface area contributed by atoms with E-state index in [4.69, 9.17) is 5.11 Å². The van der Waals surface area contributed by atoms with Crippen molar-refractivity contribution in [1.82, 2.24) is 4.98 Å². The Hall–Kier alpha value is -2.23. The van der Waals surface area contributed by atoms with Gasteiger partial charge in [0, 0.05) is 6.07 Å². The summed E-state index contributed by atoms with van der Waals surface area (Å²) in [4.78, 5) is 32.5. The SMILES string of the molecule is O=NCC(S)(Nc1ccc([N+](=O)[O-])cn1)C(=O)O. The molecule has 0 fully saturated rings. The van der Waals surface area contributed by atoms with Crippen molar-refractivity contribution in [3.8, 4) is 0 Å². The van der Waals surface area contributed by atoms with Crippen LogP contribution in [-0.2, 0) is 4.79 Å². The molecule has 1 rings (SSSR count). The highest BCUT2D eigenvalue weighted by Gasteiger charge is 2.35. The molecule has 0 spiro atoms. The summed E-state index contributed by atoms with van der Waals surface area (Å²) in [5.41, 5.74) is -0.242. The lowest BCUT2D eigenvalue weighted by Crippen LogP contribution is -2.44. The number of pyridine rings is 1. The van der Waals surface area contributed by atoms with Gasteiger partial charge in [-0.3, -0.25) is 10.1 Å². The topological polar surface area (TPSA) is 135 Å². The molecule has 0 aliphatic heterocycles. The fourth-order valence-corrected chi connectivity index (χ4v) is 1.21. The molecule has 96 valence electrons. The summed E-state index contributed by atoms with van der Waals surface area (Å²) in [5.74, 6) is -1.38. The number of thiol groups is 1. The number of nitro groups is 1. The fourth-order valence-electron chi connectivity index (χ4n) is 1.03. The van der Waals surface area contributed by atoms with E-state index in [9.17, 15) is 19.8 Å². The highest BCUT2D eigenvalue weighted by Crippen LogP contribution is 2.20. The number of carbonyl (C=O) groups is 1. The van der Waals surface area contributed by atoms with Crippen LogP contribution >= 0.6 is 12.6 Å². The van der Waals surface area contributed by atoms with Gasteiger partial charge in [0.2, 0.25) is 4.87 Å². The first kappa shape index (κ1) is 13.8. The first-order valence-electron chi connectivity index (χ1n) is 4.52. The van der Waals surface area contributed by atoms with Crippen molar-refractivity contribution in [2.45, 2.75) is 4.87 Å². The summed E-state index contributed by atoms with van der Waals surface area (Å²) in [5, 5.41) is 24.1. The third-order valence-corrected chi connectivity index (χ3v) is 2.39. The van der Waals surface area contributed by atoms with Crippen molar-refractivity contribution >= 4 is 30.1 Å². The Kier molecular flexibility index (Phi) is 4.15. The van der Waals surface area contributed by atoms with E-state index in [1.165, 1.54) is 6.07 Å². The normalized spacial score (nSPS) is 13.4.